The molecule has 0 radical (unpaired) electrons. The summed E-state index contributed by atoms with van der Waals surface area (Å²) >= 11 is 0. The van der Waals surface area contributed by atoms with Crippen molar-refractivity contribution >= 4 is 16.0 Å². The second-order valence-corrected chi connectivity index (χ2v) is 5.82. The van der Waals surface area contributed by atoms with E-state index in [0.29, 0.717) is 24.4 Å². The summed E-state index contributed by atoms with van der Waals surface area (Å²) in [5.41, 5.74) is 8.91. The van der Waals surface area contributed by atoms with Gasteiger partial charge < -0.3 is 9.64 Å². The van der Waals surface area contributed by atoms with E-state index >= 15 is 0 Å². The van der Waals surface area contributed by atoms with Gasteiger partial charge in [0.25, 0.3) is 0 Å². The minimum absolute atomic E-state index is 0.0140. The predicted molar refractivity (Wildman–Crippen MR) is 89.8 cm³/mol. The van der Waals surface area contributed by atoms with Crippen LogP contribution in [0.5, 0.6) is 5.75 Å². The van der Waals surface area contributed by atoms with E-state index in [4.69, 9.17) is 10.3 Å². The van der Waals surface area contributed by atoms with E-state index in [2.05, 4.69) is 19.9 Å². The van der Waals surface area contributed by atoms with Crippen molar-refractivity contribution in [3.05, 3.63) is 40.3 Å². The molecule has 0 aromatic heterocycles. The van der Waals surface area contributed by atoms with Crippen LogP contribution in [0.4, 0.5) is 0 Å². The zero-order valence-corrected chi connectivity index (χ0v) is 14.4. The molecular weight excluding hydrogens is 332 g/mol. The molecular formula is C14H18N6O3S. The van der Waals surface area contributed by atoms with Crippen LogP contribution < -0.4 is 4.74 Å². The fourth-order valence-electron chi connectivity index (χ4n) is 2.10. The normalized spacial score (nSPS) is 12.7. The van der Waals surface area contributed by atoms with E-state index in [0.717, 1.165) is 0 Å². The molecule has 1 atom stereocenters. The van der Waals surface area contributed by atoms with E-state index in [-0.39, 0.29) is 5.84 Å². The Hall–Kier alpha value is -2.76. The SMILES string of the molecule is CCN(CC)/C(=N\S(=O)(=O)N=[N+]=[N-])C(C#N)c1ccc(OC)cc1. The molecule has 1 rings (SSSR count). The van der Waals surface area contributed by atoms with Crippen molar-refractivity contribution in [2.75, 3.05) is 20.2 Å². The molecule has 0 aliphatic heterocycles. The maximum Gasteiger partial charge on any atom is 0.344 e. The van der Waals surface area contributed by atoms with Crippen molar-refractivity contribution in [3.8, 4) is 11.8 Å². The summed E-state index contributed by atoms with van der Waals surface area (Å²) in [7, 11) is -2.87. The fraction of sp³-hybridized carbons (Fsp3) is 0.429. The van der Waals surface area contributed by atoms with Crippen molar-refractivity contribution in [3.63, 3.8) is 0 Å². The number of hydrogen-bond acceptors (Lipinski definition) is 4. The molecule has 24 heavy (non-hydrogen) atoms. The number of azide groups is 1. The van der Waals surface area contributed by atoms with Gasteiger partial charge in [-0.3, -0.25) is 0 Å². The molecule has 0 spiro atoms. The third kappa shape index (κ3) is 4.87. The Bertz CT molecular complexity index is 772. The average molecular weight is 350 g/mol. The van der Waals surface area contributed by atoms with Crippen molar-refractivity contribution in [2.24, 2.45) is 8.92 Å². The Morgan fingerprint density at radius 2 is 1.96 bits per heavy atom. The van der Waals surface area contributed by atoms with Crippen LogP contribution in [0, 0.1) is 11.3 Å². The molecule has 0 saturated carbocycles. The first-order valence-electron chi connectivity index (χ1n) is 7.12. The number of rotatable bonds is 7. The Labute approximate surface area is 141 Å². The molecule has 1 unspecified atom stereocenters. The van der Waals surface area contributed by atoms with E-state index in [1.807, 2.05) is 13.8 Å². The van der Waals surface area contributed by atoms with Gasteiger partial charge in [0.05, 0.1) is 17.7 Å². The highest BCUT2D eigenvalue weighted by molar-refractivity contribution is 7.88. The van der Waals surface area contributed by atoms with Crippen LogP contribution in [0.2, 0.25) is 0 Å². The summed E-state index contributed by atoms with van der Waals surface area (Å²) in [6.07, 6.45) is 0. The van der Waals surface area contributed by atoms with E-state index < -0.39 is 16.1 Å². The molecule has 0 N–H and O–H groups in total. The summed E-state index contributed by atoms with van der Waals surface area (Å²) in [5, 5.41) is 9.56. The Morgan fingerprint density at radius 1 is 1.38 bits per heavy atom. The van der Waals surface area contributed by atoms with Gasteiger partial charge in [0.2, 0.25) is 0 Å². The van der Waals surface area contributed by atoms with Gasteiger partial charge in [-0.25, -0.2) is 0 Å². The quantitative estimate of drug-likeness (QED) is 0.245. The standard InChI is InChI=1S/C14H18N6O3S/c1-4-20(5-2)14(17-24(21,22)19-18-16)13(10-15)11-6-8-12(23-3)9-7-11/h6-9,13H,4-5H2,1-3H3/b17-14-. The largest absolute Gasteiger partial charge is 0.497 e. The fourth-order valence-corrected chi connectivity index (χ4v) is 2.69. The number of nitrogens with zero attached hydrogens (tertiary/aromatic N) is 6. The minimum atomic E-state index is -4.39. The predicted octanol–water partition coefficient (Wildman–Crippen LogP) is 2.60. The van der Waals surface area contributed by atoms with E-state index in [1.165, 1.54) is 7.11 Å². The van der Waals surface area contributed by atoms with Gasteiger partial charge in [0, 0.05) is 18.0 Å². The Kier molecular flexibility index (Phi) is 7.04. The van der Waals surface area contributed by atoms with Gasteiger partial charge in [0.1, 0.15) is 17.5 Å². The molecule has 0 aliphatic carbocycles. The van der Waals surface area contributed by atoms with Crippen LogP contribution in [-0.4, -0.2) is 39.4 Å². The third-order valence-corrected chi connectivity index (χ3v) is 3.97. The van der Waals surface area contributed by atoms with Crippen molar-refractivity contribution in [1.29, 1.82) is 5.26 Å². The van der Waals surface area contributed by atoms with Gasteiger partial charge in [-0.05, 0) is 37.1 Å². The summed E-state index contributed by atoms with van der Waals surface area (Å²) in [6.45, 7) is 4.49. The summed E-state index contributed by atoms with van der Waals surface area (Å²) in [4.78, 5) is 3.89. The van der Waals surface area contributed by atoms with Gasteiger partial charge in [-0.1, -0.05) is 12.1 Å². The average Bonchev–Trinajstić information content (AvgIpc) is 2.56. The smallest absolute Gasteiger partial charge is 0.344 e. The maximum atomic E-state index is 11.8. The molecule has 0 saturated heterocycles. The molecule has 9 nitrogen and oxygen atoms in total. The van der Waals surface area contributed by atoms with Crippen LogP contribution in [0.1, 0.15) is 25.3 Å². The summed E-state index contributed by atoms with van der Waals surface area (Å²) < 4.78 is 34.9. The number of benzene rings is 1. The zero-order valence-electron chi connectivity index (χ0n) is 13.6. The monoisotopic (exact) mass is 350 g/mol. The number of ether oxygens (including phenoxy) is 1. The van der Waals surface area contributed by atoms with E-state index in [1.54, 1.807) is 29.2 Å². The van der Waals surface area contributed by atoms with Crippen LogP contribution >= 0.6 is 0 Å². The highest BCUT2D eigenvalue weighted by Gasteiger charge is 2.25. The van der Waals surface area contributed by atoms with Crippen molar-refractivity contribution in [2.45, 2.75) is 19.8 Å². The van der Waals surface area contributed by atoms with Gasteiger partial charge in [-0.15, -0.1) is 4.40 Å². The molecule has 0 aliphatic rings. The minimum Gasteiger partial charge on any atom is -0.497 e. The number of nitriles is 1. The van der Waals surface area contributed by atoms with Crippen molar-refractivity contribution in [1.82, 2.24) is 4.90 Å². The van der Waals surface area contributed by atoms with Gasteiger partial charge in [-0.2, -0.15) is 13.7 Å². The first-order valence-corrected chi connectivity index (χ1v) is 8.51. The van der Waals surface area contributed by atoms with Crippen LogP contribution in [-0.2, 0) is 10.2 Å². The second-order valence-electron chi connectivity index (χ2n) is 4.58. The highest BCUT2D eigenvalue weighted by atomic mass is 32.2. The first kappa shape index (κ1) is 19.3. The maximum absolute atomic E-state index is 11.8. The first-order chi connectivity index (χ1) is 11.4. The number of amidine groups is 1. The molecule has 0 fully saturated rings. The topological polar surface area (TPSA) is 132 Å². The second kappa shape index (κ2) is 8.76. The number of methoxy groups -OCH3 is 1. The molecule has 128 valence electrons. The van der Waals surface area contributed by atoms with Crippen LogP contribution in [0.25, 0.3) is 10.4 Å². The van der Waals surface area contributed by atoms with Gasteiger partial charge >= 0.3 is 10.2 Å². The van der Waals surface area contributed by atoms with Crippen LogP contribution in [0.15, 0.2) is 33.2 Å². The number of likely N-dealkylation sites (N-methyl/N-ethyl adjacent to an activating group) is 1. The van der Waals surface area contributed by atoms with Crippen molar-refractivity contribution < 1.29 is 13.2 Å². The van der Waals surface area contributed by atoms with E-state index in [9.17, 15) is 13.7 Å². The zero-order chi connectivity index (χ0) is 18.2. The lowest BCUT2D eigenvalue weighted by Gasteiger charge is -2.25. The molecule has 0 bridgehead atoms. The Morgan fingerprint density at radius 3 is 2.38 bits per heavy atom. The van der Waals surface area contributed by atoms with Gasteiger partial charge in [0.15, 0.2) is 0 Å². The Balaban J connectivity index is 3.46. The molecule has 1 aromatic rings. The lowest BCUT2D eigenvalue weighted by molar-refractivity contribution is 0.414. The number of hydrogen-bond donors (Lipinski definition) is 0. The van der Waals surface area contributed by atoms with Crippen LogP contribution in [0.3, 0.4) is 0 Å². The highest BCUT2D eigenvalue weighted by Crippen LogP contribution is 2.23. The molecule has 0 amide bonds. The summed E-state index contributed by atoms with van der Waals surface area (Å²) in [6, 6.07) is 8.71. The third-order valence-electron chi connectivity index (χ3n) is 3.27. The molecule has 10 heteroatoms. The lowest BCUT2D eigenvalue weighted by Crippen LogP contribution is -2.35. The lowest BCUT2D eigenvalue weighted by atomic mass is 9.98. The molecule has 1 aromatic carbocycles. The molecule has 0 heterocycles. The summed E-state index contributed by atoms with van der Waals surface area (Å²) in [5.74, 6) is -0.307.